The zero-order chi connectivity index (χ0) is 15.4. The molecule has 1 aromatic rings. The Bertz CT molecular complexity index is 510. The monoisotopic (exact) mass is 309 g/mol. The first-order valence-electron chi connectivity index (χ1n) is 7.10. The van der Waals surface area contributed by atoms with Gasteiger partial charge < -0.3 is 15.8 Å². The number of benzene rings is 1. The molecule has 21 heavy (non-hydrogen) atoms. The van der Waals surface area contributed by atoms with Crippen LogP contribution >= 0.6 is 11.8 Å². The van der Waals surface area contributed by atoms with Crippen LogP contribution < -0.4 is 15.8 Å². The number of anilines is 2. The summed E-state index contributed by atoms with van der Waals surface area (Å²) in [7, 11) is 1.58. The van der Waals surface area contributed by atoms with E-state index in [0.29, 0.717) is 35.0 Å². The predicted molar refractivity (Wildman–Crippen MR) is 89.0 cm³/mol. The number of nitrogen functional groups attached to an aromatic ring is 1. The van der Waals surface area contributed by atoms with Crippen molar-refractivity contribution in [2.75, 3.05) is 37.0 Å². The molecule has 116 valence electrons. The molecule has 1 aromatic carbocycles. The van der Waals surface area contributed by atoms with Crippen LogP contribution in [0, 0.1) is 0 Å². The number of nitrogens with one attached hydrogen (secondary N) is 1. The van der Waals surface area contributed by atoms with Gasteiger partial charge in [0.25, 0.3) is 0 Å². The van der Waals surface area contributed by atoms with E-state index in [9.17, 15) is 4.79 Å². The lowest BCUT2D eigenvalue weighted by atomic mass is 10.2. The van der Waals surface area contributed by atoms with E-state index >= 15 is 0 Å². The normalized spacial score (nSPS) is 22.8. The van der Waals surface area contributed by atoms with Crippen LogP contribution in [0.15, 0.2) is 18.2 Å². The lowest BCUT2D eigenvalue weighted by Gasteiger charge is -2.36. The molecule has 5 nitrogen and oxygen atoms in total. The smallest absolute Gasteiger partial charge is 0.238 e. The first-order valence-corrected chi connectivity index (χ1v) is 8.15. The zero-order valence-electron chi connectivity index (χ0n) is 12.8. The van der Waals surface area contributed by atoms with E-state index < -0.39 is 0 Å². The molecular formula is C15H23N3O2S. The first kappa shape index (κ1) is 16.0. The minimum atomic E-state index is -0.0372. The summed E-state index contributed by atoms with van der Waals surface area (Å²) in [5, 5.41) is 3.44. The van der Waals surface area contributed by atoms with E-state index in [4.69, 9.17) is 10.5 Å². The molecule has 3 N–H and O–H groups in total. The highest BCUT2D eigenvalue weighted by molar-refractivity contribution is 8.00. The van der Waals surface area contributed by atoms with Crippen molar-refractivity contribution in [2.45, 2.75) is 25.1 Å². The van der Waals surface area contributed by atoms with Crippen molar-refractivity contribution in [1.29, 1.82) is 0 Å². The van der Waals surface area contributed by atoms with Gasteiger partial charge in [0.15, 0.2) is 0 Å². The van der Waals surface area contributed by atoms with Crippen LogP contribution in [0.1, 0.15) is 13.8 Å². The minimum Gasteiger partial charge on any atom is -0.495 e. The SMILES string of the molecule is COc1ccc(N)cc1NC(=O)CN1CCSC(C)C1C. The van der Waals surface area contributed by atoms with Gasteiger partial charge in [-0.3, -0.25) is 9.69 Å². The molecule has 2 atom stereocenters. The van der Waals surface area contributed by atoms with Crippen LogP contribution in [0.2, 0.25) is 0 Å². The zero-order valence-corrected chi connectivity index (χ0v) is 13.6. The summed E-state index contributed by atoms with van der Waals surface area (Å²) < 4.78 is 5.24. The molecule has 0 aliphatic carbocycles. The predicted octanol–water partition coefficient (Wildman–Crippen LogP) is 2.04. The van der Waals surface area contributed by atoms with Crippen molar-refractivity contribution in [3.8, 4) is 5.75 Å². The van der Waals surface area contributed by atoms with E-state index in [2.05, 4.69) is 24.1 Å². The molecule has 1 heterocycles. The third-order valence-corrected chi connectivity index (χ3v) is 5.20. The second kappa shape index (κ2) is 7.04. The summed E-state index contributed by atoms with van der Waals surface area (Å²) in [4.78, 5) is 14.5. The fourth-order valence-corrected chi connectivity index (χ4v) is 3.58. The van der Waals surface area contributed by atoms with E-state index in [0.717, 1.165) is 12.3 Å². The summed E-state index contributed by atoms with van der Waals surface area (Å²) in [6, 6.07) is 5.62. The number of carbonyl (C=O) groups excluding carboxylic acids is 1. The Morgan fingerprint density at radius 1 is 1.52 bits per heavy atom. The molecule has 6 heteroatoms. The molecule has 2 rings (SSSR count). The Morgan fingerprint density at radius 2 is 2.29 bits per heavy atom. The van der Waals surface area contributed by atoms with Gasteiger partial charge >= 0.3 is 0 Å². The van der Waals surface area contributed by atoms with Crippen molar-refractivity contribution in [3.63, 3.8) is 0 Å². The maximum Gasteiger partial charge on any atom is 0.238 e. The molecule has 0 bridgehead atoms. The minimum absolute atomic E-state index is 0.0372. The maximum absolute atomic E-state index is 12.3. The van der Waals surface area contributed by atoms with Gasteiger partial charge in [-0.25, -0.2) is 0 Å². The molecule has 2 unspecified atom stereocenters. The van der Waals surface area contributed by atoms with Gasteiger partial charge in [0.05, 0.1) is 19.3 Å². The van der Waals surface area contributed by atoms with Gasteiger partial charge in [-0.15, -0.1) is 0 Å². The Labute approximate surface area is 130 Å². The third kappa shape index (κ3) is 4.04. The lowest BCUT2D eigenvalue weighted by molar-refractivity contribution is -0.117. The van der Waals surface area contributed by atoms with Crippen LogP contribution in [0.5, 0.6) is 5.75 Å². The van der Waals surface area contributed by atoms with Gasteiger partial charge in [-0.05, 0) is 25.1 Å². The molecule has 1 amide bonds. The van der Waals surface area contributed by atoms with Crippen LogP contribution in [-0.2, 0) is 4.79 Å². The summed E-state index contributed by atoms with van der Waals surface area (Å²) in [6.45, 7) is 5.72. The summed E-state index contributed by atoms with van der Waals surface area (Å²) in [5.74, 6) is 1.65. The molecule has 0 aromatic heterocycles. The number of hydrogen-bond acceptors (Lipinski definition) is 5. The van der Waals surface area contributed by atoms with E-state index in [1.807, 2.05) is 11.8 Å². The standard InChI is InChI=1S/C15H23N3O2S/c1-10-11(2)21-7-6-18(10)9-15(19)17-13-8-12(16)4-5-14(13)20-3/h4-5,8,10-11H,6-7,9,16H2,1-3H3,(H,17,19). The summed E-state index contributed by atoms with van der Waals surface area (Å²) in [6.07, 6.45) is 0. The second-order valence-electron chi connectivity index (χ2n) is 5.29. The molecule has 1 aliphatic rings. The quantitative estimate of drug-likeness (QED) is 0.833. The Kier molecular flexibility index (Phi) is 5.36. The van der Waals surface area contributed by atoms with Crippen LogP contribution in [0.3, 0.4) is 0 Å². The van der Waals surface area contributed by atoms with Crippen molar-refractivity contribution in [1.82, 2.24) is 4.90 Å². The third-order valence-electron chi connectivity index (χ3n) is 3.86. The number of ether oxygens (including phenoxy) is 1. The molecule has 0 spiro atoms. The van der Waals surface area contributed by atoms with Crippen molar-refractivity contribution >= 4 is 29.0 Å². The van der Waals surface area contributed by atoms with Crippen molar-refractivity contribution < 1.29 is 9.53 Å². The van der Waals surface area contributed by atoms with Gasteiger partial charge in [0.1, 0.15) is 5.75 Å². The van der Waals surface area contributed by atoms with Crippen molar-refractivity contribution in [2.24, 2.45) is 0 Å². The molecule has 0 saturated carbocycles. The number of methoxy groups -OCH3 is 1. The number of nitrogens with two attached hydrogens (primary N) is 1. The van der Waals surface area contributed by atoms with Crippen molar-refractivity contribution in [3.05, 3.63) is 18.2 Å². The Balaban J connectivity index is 2.00. The summed E-state index contributed by atoms with van der Waals surface area (Å²) in [5.41, 5.74) is 6.98. The van der Waals surface area contributed by atoms with Crippen LogP contribution in [0.4, 0.5) is 11.4 Å². The number of amides is 1. The Hall–Kier alpha value is -1.40. The second-order valence-corrected chi connectivity index (χ2v) is 6.78. The van der Waals surface area contributed by atoms with Crippen LogP contribution in [-0.4, -0.2) is 48.1 Å². The van der Waals surface area contributed by atoms with E-state index in [-0.39, 0.29) is 5.91 Å². The van der Waals surface area contributed by atoms with E-state index in [1.54, 1.807) is 25.3 Å². The number of rotatable bonds is 4. The van der Waals surface area contributed by atoms with Gasteiger partial charge in [-0.2, -0.15) is 11.8 Å². The molecular weight excluding hydrogens is 286 g/mol. The maximum atomic E-state index is 12.3. The van der Waals surface area contributed by atoms with E-state index in [1.165, 1.54) is 0 Å². The summed E-state index contributed by atoms with van der Waals surface area (Å²) >= 11 is 1.96. The van der Waals surface area contributed by atoms with Gasteiger partial charge in [0.2, 0.25) is 5.91 Å². The highest BCUT2D eigenvalue weighted by Crippen LogP contribution is 2.27. The molecule has 1 fully saturated rings. The number of hydrogen-bond donors (Lipinski definition) is 2. The fourth-order valence-electron chi connectivity index (χ4n) is 2.42. The number of thioether (sulfide) groups is 1. The average Bonchev–Trinajstić information content (AvgIpc) is 2.44. The van der Waals surface area contributed by atoms with Gasteiger partial charge in [0, 0.05) is 29.3 Å². The number of nitrogens with zero attached hydrogens (tertiary/aromatic N) is 1. The van der Waals surface area contributed by atoms with Crippen LogP contribution in [0.25, 0.3) is 0 Å². The lowest BCUT2D eigenvalue weighted by Crippen LogP contribution is -2.47. The van der Waals surface area contributed by atoms with Gasteiger partial charge in [-0.1, -0.05) is 6.92 Å². The molecule has 1 saturated heterocycles. The number of carbonyl (C=O) groups is 1. The first-order chi connectivity index (χ1) is 10.0. The average molecular weight is 309 g/mol. The highest BCUT2D eigenvalue weighted by Gasteiger charge is 2.26. The largest absolute Gasteiger partial charge is 0.495 e. The Morgan fingerprint density at radius 3 is 3.00 bits per heavy atom. The molecule has 1 aliphatic heterocycles. The highest BCUT2D eigenvalue weighted by atomic mass is 32.2. The topological polar surface area (TPSA) is 67.6 Å². The fraction of sp³-hybridized carbons (Fsp3) is 0.533. The molecule has 0 radical (unpaired) electrons.